The Morgan fingerprint density at radius 2 is 1.42 bits per heavy atom. The van der Waals surface area contributed by atoms with Crippen LogP contribution in [0.5, 0.6) is 0 Å². The van der Waals surface area contributed by atoms with Crippen LogP contribution in [-0.2, 0) is 13.1 Å². The average molecular weight is 325 g/mol. The molecule has 4 aliphatic rings. The molecule has 7 nitrogen and oxygen atoms in total. The van der Waals surface area contributed by atoms with Crippen molar-refractivity contribution in [1.82, 2.24) is 24.6 Å². The van der Waals surface area contributed by atoms with Gasteiger partial charge in [-0.05, 0) is 12.1 Å². The topological polar surface area (TPSA) is 34.8 Å². The molecule has 1 aromatic rings. The zero-order chi connectivity index (χ0) is 15.9. The van der Waals surface area contributed by atoms with Gasteiger partial charge in [-0.1, -0.05) is 0 Å². The van der Waals surface area contributed by atoms with E-state index >= 15 is 0 Å². The van der Waals surface area contributed by atoms with Crippen LogP contribution in [0, 0.1) is 0 Å². The Bertz CT molecular complexity index is 757. The number of hydrogen-bond donors (Lipinski definition) is 1. The maximum atomic E-state index is 3.57. The van der Waals surface area contributed by atoms with Gasteiger partial charge in [-0.2, -0.15) is 9.15 Å². The Labute approximate surface area is 141 Å². The van der Waals surface area contributed by atoms with Gasteiger partial charge in [0.15, 0.2) is 6.54 Å². The fourth-order valence-electron chi connectivity index (χ4n) is 3.70. The van der Waals surface area contributed by atoms with Crippen molar-refractivity contribution >= 4 is 12.4 Å². The number of nitrogens with one attached hydrogen (secondary N) is 1. The van der Waals surface area contributed by atoms with Crippen molar-refractivity contribution < 1.29 is 9.15 Å². The summed E-state index contributed by atoms with van der Waals surface area (Å²) in [4.78, 5) is 13.0. The highest BCUT2D eigenvalue weighted by molar-refractivity contribution is 6.11. The van der Waals surface area contributed by atoms with E-state index in [0.717, 1.165) is 46.4 Å². The summed E-state index contributed by atoms with van der Waals surface area (Å²) in [5.74, 6) is 0. The van der Waals surface area contributed by atoms with E-state index in [4.69, 9.17) is 0 Å². The molecule has 5 rings (SSSR count). The van der Waals surface area contributed by atoms with Crippen molar-refractivity contribution in [3.05, 3.63) is 48.3 Å². The highest BCUT2D eigenvalue weighted by Crippen LogP contribution is 2.15. The third-order valence-corrected chi connectivity index (χ3v) is 4.84. The minimum Gasteiger partial charge on any atom is -0.356 e. The van der Waals surface area contributed by atoms with Crippen LogP contribution in [0.1, 0.15) is 11.4 Å². The van der Waals surface area contributed by atoms with Gasteiger partial charge in [0.25, 0.3) is 0 Å². The van der Waals surface area contributed by atoms with Crippen molar-refractivity contribution in [3.8, 4) is 0 Å². The van der Waals surface area contributed by atoms with Crippen molar-refractivity contribution in [3.63, 3.8) is 0 Å². The quantitative estimate of drug-likeness (QED) is 0.690. The van der Waals surface area contributed by atoms with Crippen LogP contribution in [0.2, 0.25) is 0 Å². The second-order valence-electron chi connectivity index (χ2n) is 6.96. The zero-order valence-electron chi connectivity index (χ0n) is 13.8. The Kier molecular flexibility index (Phi) is 3.11. The van der Waals surface area contributed by atoms with Crippen LogP contribution < -0.4 is 0 Å². The minimum absolute atomic E-state index is 0.928. The molecule has 0 saturated heterocycles. The molecule has 0 radical (unpaired) electrons. The molecule has 0 atom stereocenters. The zero-order valence-corrected chi connectivity index (χ0v) is 13.8. The van der Waals surface area contributed by atoms with Crippen molar-refractivity contribution in [2.45, 2.75) is 13.1 Å². The Morgan fingerprint density at radius 3 is 2.33 bits per heavy atom. The minimum atomic E-state index is 0.928. The van der Waals surface area contributed by atoms with E-state index in [1.165, 1.54) is 11.4 Å². The first-order chi connectivity index (χ1) is 11.8. The fraction of sp³-hybridized carbons (Fsp3) is 0.412. The highest BCUT2D eigenvalue weighted by atomic mass is 15.5. The molecule has 0 saturated carbocycles. The third kappa shape index (κ3) is 2.66. The summed E-state index contributed by atoms with van der Waals surface area (Å²) in [6.45, 7) is 6.55. The molecular weight excluding hydrogens is 302 g/mol. The van der Waals surface area contributed by atoms with Gasteiger partial charge >= 0.3 is 6.67 Å². The fourth-order valence-corrected chi connectivity index (χ4v) is 3.70. The normalized spacial score (nSPS) is 22.5. The molecule has 8 bridgehead atoms. The lowest BCUT2D eigenvalue weighted by molar-refractivity contribution is -0.725. The van der Waals surface area contributed by atoms with E-state index in [1.54, 1.807) is 0 Å². The Morgan fingerprint density at radius 1 is 0.750 bits per heavy atom. The van der Waals surface area contributed by atoms with E-state index in [1.807, 2.05) is 0 Å². The Balaban J connectivity index is 1.37. The molecule has 24 heavy (non-hydrogen) atoms. The summed E-state index contributed by atoms with van der Waals surface area (Å²) in [5, 5.41) is 0. The molecule has 0 amide bonds. The van der Waals surface area contributed by atoms with Crippen molar-refractivity contribution in [2.24, 2.45) is 0 Å². The molecule has 0 spiro atoms. The van der Waals surface area contributed by atoms with Crippen LogP contribution in [-0.4, -0.2) is 79.5 Å². The van der Waals surface area contributed by atoms with Gasteiger partial charge in [-0.15, -0.1) is 0 Å². The predicted molar refractivity (Wildman–Crippen MR) is 90.8 cm³/mol. The number of aromatic nitrogens is 1. The van der Waals surface area contributed by atoms with E-state index in [2.05, 4.69) is 83.1 Å². The van der Waals surface area contributed by atoms with Gasteiger partial charge < -0.3 is 24.6 Å². The smallest absolute Gasteiger partial charge is 0.336 e. The molecule has 5 heterocycles. The Hall–Kier alpha value is -2.70. The molecule has 4 aliphatic heterocycles. The summed E-state index contributed by atoms with van der Waals surface area (Å²) in [6.07, 6.45) is 13.2. The van der Waals surface area contributed by atoms with Crippen molar-refractivity contribution in [1.29, 1.82) is 0 Å². The first-order valence-corrected chi connectivity index (χ1v) is 8.46. The second kappa shape index (κ2) is 5.43. The summed E-state index contributed by atoms with van der Waals surface area (Å²) in [6, 6.07) is 4.42. The molecule has 0 aliphatic carbocycles. The highest BCUT2D eigenvalue weighted by Gasteiger charge is 2.26. The number of nitrogens with zero attached hydrogens (tertiary/aromatic N) is 6. The maximum Gasteiger partial charge on any atom is 0.336 e. The lowest BCUT2D eigenvalue weighted by Crippen LogP contribution is -2.38. The van der Waals surface area contributed by atoms with Gasteiger partial charge in [0, 0.05) is 30.5 Å². The van der Waals surface area contributed by atoms with Gasteiger partial charge in [0.05, 0.1) is 32.2 Å². The molecule has 1 aromatic heterocycles. The van der Waals surface area contributed by atoms with Crippen LogP contribution in [0.15, 0.2) is 36.9 Å². The molecule has 7 heteroatoms. The summed E-state index contributed by atoms with van der Waals surface area (Å²) >= 11 is 0. The van der Waals surface area contributed by atoms with E-state index in [9.17, 15) is 0 Å². The van der Waals surface area contributed by atoms with Gasteiger partial charge in [0.1, 0.15) is 0 Å². The first-order valence-electron chi connectivity index (χ1n) is 8.46. The number of fused-ring (bicyclic) bond motifs is 8. The maximum absolute atomic E-state index is 3.57. The standard InChI is InChI=1S/C17H22N7/c1-2-17-10-20-4-6-22(12-20)14-24-8-7-23(15-24)13-21-5-3-19(11-21)9-16(1)18-17/h1-8H,9-15H2/q+1/p+1. The van der Waals surface area contributed by atoms with Gasteiger partial charge in [0.2, 0.25) is 19.1 Å². The monoisotopic (exact) mass is 325 g/mol. The largest absolute Gasteiger partial charge is 0.356 e. The first kappa shape index (κ1) is 13.7. The van der Waals surface area contributed by atoms with Crippen LogP contribution in [0.25, 0.3) is 0 Å². The number of aromatic amines is 1. The third-order valence-electron chi connectivity index (χ3n) is 4.84. The lowest BCUT2D eigenvalue weighted by atomic mass is 10.4. The molecule has 0 aromatic carbocycles. The number of H-pyrrole nitrogens is 1. The molecule has 124 valence electrons. The molecular formula is C17H23N7+2. The van der Waals surface area contributed by atoms with Crippen LogP contribution in [0.4, 0.5) is 0 Å². The average Bonchev–Trinajstić information content (AvgIpc) is 3.32. The molecule has 0 fully saturated rings. The van der Waals surface area contributed by atoms with Gasteiger partial charge in [-0.25, -0.2) is 0 Å². The summed E-state index contributed by atoms with van der Waals surface area (Å²) < 4.78 is 4.69. The SMILES string of the molecule is C1=CN2CN1Cc1ccc([nH]1)C[N+]1=CC=[N+](CN3C=CN(C2)C3)C1. The number of hydrogen-bond acceptors (Lipinski definition) is 4. The predicted octanol–water partition coefficient (Wildman–Crippen LogP) is 0.174. The van der Waals surface area contributed by atoms with E-state index in [-0.39, 0.29) is 0 Å². The molecule has 1 N–H and O–H groups in total. The van der Waals surface area contributed by atoms with Crippen molar-refractivity contribution in [2.75, 3.05) is 33.3 Å². The second-order valence-corrected chi connectivity index (χ2v) is 6.96. The van der Waals surface area contributed by atoms with E-state index in [0.29, 0.717) is 0 Å². The summed E-state index contributed by atoms with van der Waals surface area (Å²) in [7, 11) is 0. The van der Waals surface area contributed by atoms with Crippen LogP contribution >= 0.6 is 0 Å². The molecule has 0 unspecified atom stereocenters. The summed E-state index contributed by atoms with van der Waals surface area (Å²) in [5.41, 5.74) is 2.55. The van der Waals surface area contributed by atoms with Gasteiger partial charge in [-0.3, -0.25) is 0 Å². The van der Waals surface area contributed by atoms with Crippen LogP contribution in [0.3, 0.4) is 0 Å². The lowest BCUT2D eigenvalue weighted by Gasteiger charge is -2.26. The van der Waals surface area contributed by atoms with E-state index < -0.39 is 0 Å². The number of rotatable bonds is 0.